The molecule has 0 aliphatic rings. The third-order valence-electron chi connectivity index (χ3n) is 3.37. The number of aliphatic hydroxyl groups excluding tert-OH is 1. The van der Waals surface area contributed by atoms with Gasteiger partial charge in [0.15, 0.2) is 0 Å². The van der Waals surface area contributed by atoms with E-state index in [4.69, 9.17) is 4.74 Å². The zero-order chi connectivity index (χ0) is 16.7. The number of nitrogens with one attached hydrogen (secondary N) is 1. The molecule has 124 valence electrons. The maximum atomic E-state index is 10.2. The van der Waals surface area contributed by atoms with Crippen LogP contribution in [0.4, 0.5) is 0 Å². The Labute approximate surface area is 154 Å². The number of hydrogen-bond donors (Lipinski definition) is 2. The van der Waals surface area contributed by atoms with Crippen LogP contribution in [0.2, 0.25) is 0 Å². The van der Waals surface area contributed by atoms with E-state index >= 15 is 0 Å². The molecule has 0 heterocycles. The Bertz CT molecular complexity index is 620. The first-order valence-electron chi connectivity index (χ1n) is 7.66. The second-order valence-corrected chi connectivity index (χ2v) is 7.05. The summed E-state index contributed by atoms with van der Waals surface area (Å²) >= 11 is 7.06. The van der Waals surface area contributed by atoms with Crippen LogP contribution in [0.15, 0.2) is 51.4 Å². The van der Waals surface area contributed by atoms with Crippen LogP contribution < -0.4 is 10.1 Å². The van der Waals surface area contributed by atoms with Gasteiger partial charge in [-0.15, -0.1) is 0 Å². The maximum Gasteiger partial charge on any atom is 0.138 e. The number of halogens is 2. The van der Waals surface area contributed by atoms with E-state index in [-0.39, 0.29) is 0 Å². The highest BCUT2D eigenvalue weighted by molar-refractivity contribution is 9.11. The summed E-state index contributed by atoms with van der Waals surface area (Å²) in [7, 11) is 0. The molecule has 3 nitrogen and oxygen atoms in total. The topological polar surface area (TPSA) is 41.5 Å². The fourth-order valence-electron chi connectivity index (χ4n) is 2.25. The summed E-state index contributed by atoms with van der Waals surface area (Å²) in [5, 5.41) is 13.5. The largest absolute Gasteiger partial charge is 0.492 e. The summed E-state index contributed by atoms with van der Waals surface area (Å²) in [6.45, 7) is 3.88. The van der Waals surface area contributed by atoms with E-state index in [1.165, 1.54) is 0 Å². The zero-order valence-corrected chi connectivity index (χ0v) is 16.2. The molecule has 0 aromatic heterocycles. The first kappa shape index (κ1) is 18.5. The molecule has 2 rings (SSSR count). The Balaban J connectivity index is 1.99. The predicted octanol–water partition coefficient (Wildman–Crippen LogP) is 4.82. The van der Waals surface area contributed by atoms with Crippen molar-refractivity contribution in [1.82, 2.24) is 5.32 Å². The highest BCUT2D eigenvalue weighted by Gasteiger charge is 2.11. The van der Waals surface area contributed by atoms with Crippen LogP contribution in [0, 0.1) is 0 Å². The van der Waals surface area contributed by atoms with Crippen molar-refractivity contribution in [2.45, 2.75) is 26.0 Å². The molecule has 0 fully saturated rings. The number of ether oxygens (including phenoxy) is 1. The van der Waals surface area contributed by atoms with E-state index in [1.807, 2.05) is 42.5 Å². The van der Waals surface area contributed by atoms with E-state index in [0.717, 1.165) is 32.2 Å². The number of aliphatic hydroxyl groups is 1. The van der Waals surface area contributed by atoms with Crippen molar-refractivity contribution in [3.05, 3.63) is 62.5 Å². The van der Waals surface area contributed by atoms with Crippen molar-refractivity contribution in [1.29, 1.82) is 0 Å². The van der Waals surface area contributed by atoms with Gasteiger partial charge in [-0.3, -0.25) is 0 Å². The van der Waals surface area contributed by atoms with Gasteiger partial charge in [-0.1, -0.05) is 53.2 Å². The number of hydrogen-bond acceptors (Lipinski definition) is 3. The minimum atomic E-state index is -0.521. The molecule has 23 heavy (non-hydrogen) atoms. The van der Waals surface area contributed by atoms with Crippen LogP contribution in [0.25, 0.3) is 0 Å². The van der Waals surface area contributed by atoms with Gasteiger partial charge < -0.3 is 15.2 Å². The van der Waals surface area contributed by atoms with Crippen molar-refractivity contribution in [3.8, 4) is 5.75 Å². The Morgan fingerprint density at radius 3 is 2.61 bits per heavy atom. The van der Waals surface area contributed by atoms with E-state index in [2.05, 4.69) is 44.1 Å². The van der Waals surface area contributed by atoms with Gasteiger partial charge in [0.2, 0.25) is 0 Å². The van der Waals surface area contributed by atoms with Gasteiger partial charge in [0, 0.05) is 23.1 Å². The lowest BCUT2D eigenvalue weighted by atomic mass is 10.1. The van der Waals surface area contributed by atoms with Crippen LogP contribution in [-0.2, 0) is 6.54 Å². The van der Waals surface area contributed by atoms with Gasteiger partial charge in [-0.25, -0.2) is 0 Å². The molecule has 0 aliphatic carbocycles. The lowest BCUT2D eigenvalue weighted by Gasteiger charge is -2.16. The molecule has 2 aromatic rings. The van der Waals surface area contributed by atoms with Gasteiger partial charge in [-0.05, 0) is 40.0 Å². The van der Waals surface area contributed by atoms with Gasteiger partial charge in [-0.2, -0.15) is 0 Å². The third-order valence-corrected chi connectivity index (χ3v) is 4.42. The van der Waals surface area contributed by atoms with Gasteiger partial charge in [0.1, 0.15) is 5.75 Å². The molecular formula is C18H21Br2NO2. The fourth-order valence-corrected chi connectivity index (χ4v) is 3.68. The van der Waals surface area contributed by atoms with Crippen molar-refractivity contribution in [2.24, 2.45) is 0 Å². The molecule has 2 N–H and O–H groups in total. The molecule has 0 saturated heterocycles. The molecule has 0 aliphatic heterocycles. The Kier molecular flexibility index (Phi) is 7.56. The highest BCUT2D eigenvalue weighted by Crippen LogP contribution is 2.33. The van der Waals surface area contributed by atoms with Gasteiger partial charge >= 0.3 is 0 Å². The summed E-state index contributed by atoms with van der Waals surface area (Å²) < 4.78 is 7.77. The lowest BCUT2D eigenvalue weighted by Crippen LogP contribution is -2.21. The lowest BCUT2D eigenvalue weighted by molar-refractivity contribution is 0.174. The summed E-state index contributed by atoms with van der Waals surface area (Å²) in [4.78, 5) is 0. The third kappa shape index (κ3) is 5.60. The second kappa shape index (κ2) is 9.42. The minimum absolute atomic E-state index is 0.487. The van der Waals surface area contributed by atoms with E-state index in [1.54, 1.807) is 0 Å². The minimum Gasteiger partial charge on any atom is -0.492 e. The molecule has 5 heteroatoms. The number of rotatable bonds is 8. The first-order valence-corrected chi connectivity index (χ1v) is 9.25. The summed E-state index contributed by atoms with van der Waals surface area (Å²) in [6, 6.07) is 13.7. The molecule has 0 bridgehead atoms. The SMILES string of the molecule is CCCOc1c(Br)cc(Br)cc1CNC[C@H](O)c1ccccc1. The van der Waals surface area contributed by atoms with E-state index < -0.39 is 6.10 Å². The van der Waals surface area contributed by atoms with Gasteiger partial charge in [0.05, 0.1) is 17.2 Å². The Morgan fingerprint density at radius 2 is 1.91 bits per heavy atom. The van der Waals surface area contributed by atoms with Crippen molar-refractivity contribution in [3.63, 3.8) is 0 Å². The fraction of sp³-hybridized carbons (Fsp3) is 0.333. The average Bonchev–Trinajstić information content (AvgIpc) is 2.54. The predicted molar refractivity (Wildman–Crippen MR) is 101 cm³/mol. The second-order valence-electron chi connectivity index (χ2n) is 5.28. The molecule has 0 radical (unpaired) electrons. The van der Waals surface area contributed by atoms with Crippen LogP contribution >= 0.6 is 31.9 Å². The quantitative estimate of drug-likeness (QED) is 0.615. The summed E-state index contributed by atoms with van der Waals surface area (Å²) in [5.41, 5.74) is 1.97. The van der Waals surface area contributed by atoms with Crippen molar-refractivity contribution in [2.75, 3.05) is 13.2 Å². The monoisotopic (exact) mass is 441 g/mol. The van der Waals surface area contributed by atoms with Gasteiger partial charge in [0.25, 0.3) is 0 Å². The normalized spacial score (nSPS) is 12.2. The van der Waals surface area contributed by atoms with Crippen LogP contribution in [0.3, 0.4) is 0 Å². The molecule has 2 aromatic carbocycles. The standard InChI is InChI=1S/C18H21Br2NO2/c1-2-8-23-18-14(9-15(19)10-16(18)20)11-21-12-17(22)13-6-4-3-5-7-13/h3-7,9-10,17,21-22H,2,8,11-12H2,1H3/t17-/m0/s1. The zero-order valence-electron chi connectivity index (χ0n) is 13.1. The summed E-state index contributed by atoms with van der Waals surface area (Å²) in [5.74, 6) is 0.858. The van der Waals surface area contributed by atoms with Crippen LogP contribution in [-0.4, -0.2) is 18.3 Å². The van der Waals surface area contributed by atoms with Crippen molar-refractivity contribution >= 4 is 31.9 Å². The smallest absolute Gasteiger partial charge is 0.138 e. The van der Waals surface area contributed by atoms with Crippen molar-refractivity contribution < 1.29 is 9.84 Å². The molecule has 0 amide bonds. The van der Waals surface area contributed by atoms with Crippen LogP contribution in [0.5, 0.6) is 5.75 Å². The highest BCUT2D eigenvalue weighted by atomic mass is 79.9. The van der Waals surface area contributed by atoms with E-state index in [0.29, 0.717) is 19.7 Å². The van der Waals surface area contributed by atoms with Crippen LogP contribution in [0.1, 0.15) is 30.6 Å². The molecular weight excluding hydrogens is 422 g/mol. The first-order chi connectivity index (χ1) is 11.1. The molecule has 0 unspecified atom stereocenters. The number of benzene rings is 2. The average molecular weight is 443 g/mol. The Morgan fingerprint density at radius 1 is 1.17 bits per heavy atom. The molecule has 0 saturated carbocycles. The summed E-state index contributed by atoms with van der Waals surface area (Å²) in [6.07, 6.45) is 0.439. The van der Waals surface area contributed by atoms with E-state index in [9.17, 15) is 5.11 Å². The Hall–Kier alpha value is -0.880. The maximum absolute atomic E-state index is 10.2. The molecule has 1 atom stereocenters. The molecule has 0 spiro atoms.